The molecule has 3 nitrogen and oxygen atoms in total. The van der Waals surface area contributed by atoms with E-state index in [1.165, 1.54) is 72.0 Å². The molecule has 1 aliphatic heterocycles. The number of nitrogens with zero attached hydrogens (tertiary/aromatic N) is 1. The topological polar surface area (TPSA) is 28.4 Å². The maximum Gasteiger partial charge on any atom is 0.136 e. The van der Waals surface area contributed by atoms with Crippen LogP contribution in [-0.2, 0) is 0 Å². The number of anilines is 3. The Labute approximate surface area is 232 Å². The second kappa shape index (κ2) is 8.00. The van der Waals surface area contributed by atoms with Crippen LogP contribution in [0.3, 0.4) is 0 Å². The fourth-order valence-corrected chi connectivity index (χ4v) is 6.95. The third-order valence-electron chi connectivity index (χ3n) is 8.76. The lowest BCUT2D eigenvalue weighted by atomic mass is 9.97. The highest BCUT2D eigenvalue weighted by Crippen LogP contribution is 2.51. The molecule has 0 fully saturated rings. The highest BCUT2D eigenvalue weighted by atomic mass is 16.3. The first-order valence-corrected chi connectivity index (χ1v) is 14.1. The molecule has 0 bridgehead atoms. The first-order chi connectivity index (χ1) is 19.8. The lowest BCUT2D eigenvalue weighted by molar-refractivity contribution is 0.669. The predicted octanol–water partition coefficient (Wildman–Crippen LogP) is 10.4. The Balaban J connectivity index is 1.16. The van der Waals surface area contributed by atoms with E-state index in [1.807, 2.05) is 6.07 Å². The first-order valence-electron chi connectivity index (χ1n) is 14.1. The monoisotopic (exact) mass is 514 g/mol. The first kappa shape index (κ1) is 21.9. The summed E-state index contributed by atoms with van der Waals surface area (Å²) < 4.78 is 6.35. The summed E-state index contributed by atoms with van der Waals surface area (Å²) in [7, 11) is 0. The van der Waals surface area contributed by atoms with Crippen molar-refractivity contribution in [2.75, 3.05) is 10.2 Å². The molecule has 7 aromatic rings. The molecule has 1 N–H and O–H groups in total. The van der Waals surface area contributed by atoms with Crippen LogP contribution in [0.15, 0.2) is 120 Å². The number of hydrogen-bond donors (Lipinski definition) is 1. The molecule has 2 heterocycles. The summed E-state index contributed by atoms with van der Waals surface area (Å²) in [5.74, 6) is 0. The molecular formula is C37H26N2O. The maximum atomic E-state index is 6.35. The molecule has 9 rings (SSSR count). The van der Waals surface area contributed by atoms with E-state index in [-0.39, 0.29) is 6.17 Å². The Kier molecular flexibility index (Phi) is 4.37. The highest BCUT2D eigenvalue weighted by molar-refractivity contribution is 6.28. The number of rotatable bonds is 3. The van der Waals surface area contributed by atoms with Crippen LogP contribution in [-0.4, -0.2) is 6.17 Å². The van der Waals surface area contributed by atoms with Gasteiger partial charge in [-0.3, -0.25) is 0 Å². The normalized spacial score (nSPS) is 15.1. The molecule has 3 heteroatoms. The molecule has 190 valence electrons. The molecule has 0 spiro atoms. The van der Waals surface area contributed by atoms with Gasteiger partial charge in [0.25, 0.3) is 0 Å². The molecule has 0 amide bonds. The van der Waals surface area contributed by atoms with Gasteiger partial charge in [-0.2, -0.15) is 0 Å². The lowest BCUT2D eigenvalue weighted by Gasteiger charge is -2.26. The SMILES string of the molecule is CCC1Nc2ccccc2N1c1ccc(-c2ccc3c(c2)-c2cc4oc5ccccc5c4c4cccc-3c24)cc1. The summed E-state index contributed by atoms with van der Waals surface area (Å²) >= 11 is 0. The van der Waals surface area contributed by atoms with E-state index in [2.05, 4.69) is 126 Å². The molecule has 1 aromatic heterocycles. The van der Waals surface area contributed by atoms with Crippen molar-refractivity contribution in [1.29, 1.82) is 0 Å². The van der Waals surface area contributed by atoms with Crippen LogP contribution in [0.1, 0.15) is 13.3 Å². The summed E-state index contributed by atoms with van der Waals surface area (Å²) in [6.45, 7) is 2.23. The van der Waals surface area contributed by atoms with Gasteiger partial charge in [0.15, 0.2) is 0 Å². The van der Waals surface area contributed by atoms with Crippen LogP contribution in [0.4, 0.5) is 17.1 Å². The summed E-state index contributed by atoms with van der Waals surface area (Å²) in [6, 6.07) is 41.8. The van der Waals surface area contributed by atoms with Crippen molar-refractivity contribution in [2.24, 2.45) is 0 Å². The van der Waals surface area contributed by atoms with E-state index in [0.717, 1.165) is 17.6 Å². The van der Waals surface area contributed by atoms with Crippen molar-refractivity contribution in [1.82, 2.24) is 0 Å². The van der Waals surface area contributed by atoms with Crippen molar-refractivity contribution in [3.8, 4) is 33.4 Å². The van der Waals surface area contributed by atoms with Crippen LogP contribution in [0.5, 0.6) is 0 Å². The third-order valence-corrected chi connectivity index (χ3v) is 8.76. The molecule has 1 aliphatic carbocycles. The average Bonchev–Trinajstić information content (AvgIpc) is 3.68. The molecule has 0 saturated heterocycles. The number of benzene rings is 6. The van der Waals surface area contributed by atoms with Gasteiger partial charge in [0.1, 0.15) is 17.3 Å². The second-order valence-corrected chi connectivity index (χ2v) is 10.9. The van der Waals surface area contributed by atoms with Crippen molar-refractivity contribution in [2.45, 2.75) is 19.5 Å². The Bertz CT molecular complexity index is 2140. The molecule has 0 saturated carbocycles. The molecule has 1 unspecified atom stereocenters. The minimum Gasteiger partial charge on any atom is -0.456 e. The van der Waals surface area contributed by atoms with Gasteiger partial charge in [-0.25, -0.2) is 0 Å². The van der Waals surface area contributed by atoms with Gasteiger partial charge < -0.3 is 14.6 Å². The zero-order valence-electron chi connectivity index (χ0n) is 22.1. The van der Waals surface area contributed by atoms with Gasteiger partial charge in [-0.05, 0) is 93.0 Å². The molecule has 40 heavy (non-hydrogen) atoms. The Morgan fingerprint density at radius 3 is 2.33 bits per heavy atom. The fourth-order valence-electron chi connectivity index (χ4n) is 6.95. The van der Waals surface area contributed by atoms with Gasteiger partial charge in [0.2, 0.25) is 0 Å². The van der Waals surface area contributed by atoms with Gasteiger partial charge in [-0.1, -0.05) is 79.7 Å². The van der Waals surface area contributed by atoms with Crippen LogP contribution < -0.4 is 10.2 Å². The third kappa shape index (κ3) is 2.89. The largest absolute Gasteiger partial charge is 0.456 e. The van der Waals surface area contributed by atoms with Gasteiger partial charge >= 0.3 is 0 Å². The van der Waals surface area contributed by atoms with E-state index >= 15 is 0 Å². The quantitative estimate of drug-likeness (QED) is 0.254. The summed E-state index contributed by atoms with van der Waals surface area (Å²) in [5.41, 5.74) is 13.1. The fraction of sp³-hybridized carbons (Fsp3) is 0.0811. The van der Waals surface area contributed by atoms with Crippen LogP contribution in [0, 0.1) is 0 Å². The summed E-state index contributed by atoms with van der Waals surface area (Å²) in [4.78, 5) is 2.41. The van der Waals surface area contributed by atoms with E-state index in [9.17, 15) is 0 Å². The van der Waals surface area contributed by atoms with Crippen LogP contribution in [0.25, 0.3) is 66.1 Å². The minimum absolute atomic E-state index is 0.261. The lowest BCUT2D eigenvalue weighted by Crippen LogP contribution is -2.30. The highest BCUT2D eigenvalue weighted by Gasteiger charge is 2.28. The van der Waals surface area contributed by atoms with Crippen molar-refractivity contribution in [3.05, 3.63) is 115 Å². The van der Waals surface area contributed by atoms with Crippen molar-refractivity contribution >= 4 is 49.8 Å². The van der Waals surface area contributed by atoms with Gasteiger partial charge in [0.05, 0.1) is 11.4 Å². The standard InChI is InChI=1S/C37H26N2O/c1-2-35-38-31-11-4-5-12-32(31)39(35)24-17-14-22(15-18-24)23-16-19-25-26-9-7-10-28-36(26)30(29(25)20-23)21-34-37(28)27-8-3-6-13-33(27)40-34/h3-21,35,38H,2H2,1H3. The molecule has 0 radical (unpaired) electrons. The van der Waals surface area contributed by atoms with Crippen molar-refractivity contribution < 1.29 is 4.42 Å². The van der Waals surface area contributed by atoms with Gasteiger partial charge in [-0.15, -0.1) is 0 Å². The molecule has 6 aromatic carbocycles. The van der Waals surface area contributed by atoms with Gasteiger partial charge in [0, 0.05) is 16.5 Å². The maximum absolute atomic E-state index is 6.35. The minimum atomic E-state index is 0.261. The van der Waals surface area contributed by atoms with E-state index in [0.29, 0.717) is 0 Å². The number of fused-ring (bicyclic) bond motifs is 8. The molecular weight excluding hydrogens is 488 g/mol. The van der Waals surface area contributed by atoms with Crippen LogP contribution in [0.2, 0.25) is 0 Å². The predicted molar refractivity (Wildman–Crippen MR) is 167 cm³/mol. The smallest absolute Gasteiger partial charge is 0.136 e. The number of hydrogen-bond acceptors (Lipinski definition) is 3. The summed E-state index contributed by atoms with van der Waals surface area (Å²) in [6.07, 6.45) is 1.28. The number of furan rings is 1. The second-order valence-electron chi connectivity index (χ2n) is 10.9. The zero-order valence-corrected chi connectivity index (χ0v) is 22.1. The van der Waals surface area contributed by atoms with E-state index < -0.39 is 0 Å². The Morgan fingerprint density at radius 2 is 1.43 bits per heavy atom. The molecule has 1 atom stereocenters. The average molecular weight is 515 g/mol. The van der Waals surface area contributed by atoms with Crippen molar-refractivity contribution in [3.63, 3.8) is 0 Å². The molecule has 2 aliphatic rings. The van der Waals surface area contributed by atoms with E-state index in [4.69, 9.17) is 4.42 Å². The van der Waals surface area contributed by atoms with E-state index in [1.54, 1.807) is 0 Å². The Morgan fingerprint density at radius 1 is 0.625 bits per heavy atom. The number of para-hydroxylation sites is 3. The number of nitrogens with one attached hydrogen (secondary N) is 1. The Hall–Kier alpha value is -5.02. The zero-order chi connectivity index (χ0) is 26.4. The van der Waals surface area contributed by atoms with Crippen LogP contribution >= 0.6 is 0 Å². The summed E-state index contributed by atoms with van der Waals surface area (Å²) in [5, 5.41) is 8.65.